The molecule has 1 saturated carbocycles. The minimum absolute atomic E-state index is 0.0330. The predicted molar refractivity (Wildman–Crippen MR) is 104 cm³/mol. The van der Waals surface area contributed by atoms with Crippen LogP contribution >= 0.6 is 0 Å². The number of hydrogen-bond donors (Lipinski definition) is 1. The van der Waals surface area contributed by atoms with Gasteiger partial charge in [-0.3, -0.25) is 24.1 Å². The zero-order valence-corrected chi connectivity index (χ0v) is 16.4. The summed E-state index contributed by atoms with van der Waals surface area (Å²) in [6.45, 7) is 1.97. The van der Waals surface area contributed by atoms with Crippen LogP contribution in [0.3, 0.4) is 0 Å². The molecule has 1 aliphatic carbocycles. The lowest BCUT2D eigenvalue weighted by molar-refractivity contribution is -0.141. The van der Waals surface area contributed by atoms with Crippen molar-refractivity contribution < 1.29 is 19.2 Å². The van der Waals surface area contributed by atoms with Crippen molar-refractivity contribution in [3.05, 3.63) is 29.8 Å². The van der Waals surface area contributed by atoms with Crippen molar-refractivity contribution in [3.63, 3.8) is 0 Å². The van der Waals surface area contributed by atoms with E-state index < -0.39 is 0 Å². The van der Waals surface area contributed by atoms with Crippen LogP contribution in [0.5, 0.6) is 0 Å². The lowest BCUT2D eigenvalue weighted by Crippen LogP contribution is -2.38. The molecule has 1 aromatic rings. The highest BCUT2D eigenvalue weighted by atomic mass is 16.2. The van der Waals surface area contributed by atoms with Gasteiger partial charge < -0.3 is 10.2 Å². The van der Waals surface area contributed by atoms with Crippen LogP contribution in [0.4, 0.5) is 5.69 Å². The number of nitrogens with zero attached hydrogens (tertiary/aromatic N) is 2. The molecule has 3 rings (SSSR count). The van der Waals surface area contributed by atoms with E-state index in [4.69, 9.17) is 0 Å². The standard InChI is InChI=1S/C21H27N3O4/c1-14-7-9-15(10-8-14)22-18(25)13-23(2)19(26)11-12-24-20(27)16-5-3-4-6-17(16)21(24)28/h7-10,16-17H,3-6,11-13H2,1-2H3,(H,22,25)/t16-,17-/m0/s1. The third kappa shape index (κ3) is 4.40. The summed E-state index contributed by atoms with van der Waals surface area (Å²) in [4.78, 5) is 52.0. The van der Waals surface area contributed by atoms with E-state index >= 15 is 0 Å². The van der Waals surface area contributed by atoms with Gasteiger partial charge in [-0.25, -0.2) is 0 Å². The van der Waals surface area contributed by atoms with Crippen molar-refractivity contribution in [2.45, 2.75) is 39.0 Å². The summed E-state index contributed by atoms with van der Waals surface area (Å²) < 4.78 is 0. The topological polar surface area (TPSA) is 86.8 Å². The molecule has 1 aliphatic heterocycles. The monoisotopic (exact) mass is 385 g/mol. The number of nitrogens with one attached hydrogen (secondary N) is 1. The van der Waals surface area contributed by atoms with Gasteiger partial charge in [-0.1, -0.05) is 30.5 Å². The Balaban J connectivity index is 1.47. The van der Waals surface area contributed by atoms with Crippen LogP contribution in [-0.4, -0.2) is 53.6 Å². The number of aryl methyl sites for hydroxylation is 1. The number of fused-ring (bicyclic) bond motifs is 1. The highest BCUT2D eigenvalue weighted by molar-refractivity contribution is 6.05. The van der Waals surface area contributed by atoms with Gasteiger partial charge in [0.1, 0.15) is 0 Å². The maximum atomic E-state index is 12.5. The van der Waals surface area contributed by atoms with Gasteiger partial charge in [0.2, 0.25) is 23.6 Å². The Kier molecular flexibility index (Phi) is 6.11. The molecule has 7 heteroatoms. The highest BCUT2D eigenvalue weighted by Crippen LogP contribution is 2.37. The van der Waals surface area contributed by atoms with Gasteiger partial charge in [-0.15, -0.1) is 0 Å². The Hall–Kier alpha value is -2.70. The number of benzene rings is 1. The molecule has 7 nitrogen and oxygen atoms in total. The molecule has 2 aliphatic rings. The summed E-state index contributed by atoms with van der Waals surface area (Å²) >= 11 is 0. The van der Waals surface area contributed by atoms with Gasteiger partial charge in [0, 0.05) is 25.7 Å². The third-order valence-electron chi connectivity index (χ3n) is 5.62. The minimum Gasteiger partial charge on any atom is -0.336 e. The largest absolute Gasteiger partial charge is 0.336 e. The minimum atomic E-state index is -0.293. The number of imide groups is 1. The summed E-state index contributed by atoms with van der Waals surface area (Å²) in [6, 6.07) is 7.40. The first-order valence-electron chi connectivity index (χ1n) is 9.82. The van der Waals surface area contributed by atoms with Gasteiger partial charge >= 0.3 is 0 Å². The maximum absolute atomic E-state index is 12.5. The Morgan fingerprint density at radius 1 is 1.07 bits per heavy atom. The summed E-state index contributed by atoms with van der Waals surface area (Å²) in [5.74, 6) is -1.23. The summed E-state index contributed by atoms with van der Waals surface area (Å²) in [6.07, 6.45) is 3.51. The van der Waals surface area contributed by atoms with Gasteiger partial charge in [-0.05, 0) is 31.9 Å². The fourth-order valence-electron chi connectivity index (χ4n) is 3.99. The Morgan fingerprint density at radius 3 is 2.21 bits per heavy atom. The molecule has 0 radical (unpaired) electrons. The normalized spacial score (nSPS) is 21.4. The smallest absolute Gasteiger partial charge is 0.243 e. The Labute approximate surface area is 165 Å². The first kappa shape index (κ1) is 20.0. The van der Waals surface area contributed by atoms with Crippen molar-refractivity contribution in [2.24, 2.45) is 11.8 Å². The van der Waals surface area contributed by atoms with E-state index in [1.54, 1.807) is 19.2 Å². The molecular weight excluding hydrogens is 358 g/mol. The van der Waals surface area contributed by atoms with Gasteiger partial charge in [0.25, 0.3) is 0 Å². The Morgan fingerprint density at radius 2 is 1.64 bits per heavy atom. The number of likely N-dealkylation sites (tertiary alicyclic amines) is 1. The van der Waals surface area contributed by atoms with E-state index in [-0.39, 0.29) is 55.0 Å². The van der Waals surface area contributed by atoms with Crippen LogP contribution in [0.1, 0.15) is 37.7 Å². The number of rotatable bonds is 6. The molecule has 0 spiro atoms. The van der Waals surface area contributed by atoms with Gasteiger partial charge in [0.05, 0.1) is 18.4 Å². The molecule has 4 amide bonds. The number of amides is 4. The molecule has 0 bridgehead atoms. The average molecular weight is 385 g/mol. The second kappa shape index (κ2) is 8.54. The lowest BCUT2D eigenvalue weighted by Gasteiger charge is -2.19. The molecule has 2 atom stereocenters. The number of likely N-dealkylation sites (N-methyl/N-ethyl adjacent to an activating group) is 1. The summed E-state index contributed by atoms with van der Waals surface area (Å²) in [5.41, 5.74) is 1.77. The van der Waals surface area contributed by atoms with Crippen molar-refractivity contribution in [1.29, 1.82) is 0 Å². The molecule has 1 N–H and O–H groups in total. The molecule has 28 heavy (non-hydrogen) atoms. The molecule has 0 unspecified atom stereocenters. The van der Waals surface area contributed by atoms with Crippen LogP contribution in [0, 0.1) is 18.8 Å². The Bertz CT molecular complexity index is 750. The van der Waals surface area contributed by atoms with E-state index in [9.17, 15) is 19.2 Å². The van der Waals surface area contributed by atoms with E-state index in [2.05, 4.69) is 5.32 Å². The summed E-state index contributed by atoms with van der Waals surface area (Å²) in [7, 11) is 1.55. The highest BCUT2D eigenvalue weighted by Gasteiger charge is 2.47. The van der Waals surface area contributed by atoms with Crippen LogP contribution in [0.2, 0.25) is 0 Å². The number of carbonyl (C=O) groups is 4. The molecule has 150 valence electrons. The second-order valence-electron chi connectivity index (χ2n) is 7.74. The fraction of sp³-hybridized carbons (Fsp3) is 0.524. The van der Waals surface area contributed by atoms with Crippen LogP contribution in [0.15, 0.2) is 24.3 Å². The number of anilines is 1. The molecular formula is C21H27N3O4. The molecule has 1 saturated heterocycles. The molecule has 2 fully saturated rings. The van der Waals surface area contributed by atoms with Crippen molar-refractivity contribution in [2.75, 3.05) is 25.5 Å². The maximum Gasteiger partial charge on any atom is 0.243 e. The van der Waals surface area contributed by atoms with Crippen molar-refractivity contribution in [3.8, 4) is 0 Å². The van der Waals surface area contributed by atoms with E-state index in [1.807, 2.05) is 19.1 Å². The first-order chi connectivity index (χ1) is 13.4. The quantitative estimate of drug-likeness (QED) is 0.759. The zero-order valence-electron chi connectivity index (χ0n) is 16.4. The second-order valence-corrected chi connectivity index (χ2v) is 7.74. The van der Waals surface area contributed by atoms with Crippen molar-refractivity contribution in [1.82, 2.24) is 9.80 Å². The fourth-order valence-corrected chi connectivity index (χ4v) is 3.99. The molecule has 1 aromatic carbocycles. The van der Waals surface area contributed by atoms with Gasteiger partial charge in [0.15, 0.2) is 0 Å². The first-order valence-corrected chi connectivity index (χ1v) is 9.82. The van der Waals surface area contributed by atoms with Crippen LogP contribution in [-0.2, 0) is 19.2 Å². The molecule has 0 aromatic heterocycles. The average Bonchev–Trinajstić information content (AvgIpc) is 2.92. The van der Waals surface area contributed by atoms with E-state index in [0.29, 0.717) is 5.69 Å². The van der Waals surface area contributed by atoms with Crippen LogP contribution in [0.25, 0.3) is 0 Å². The van der Waals surface area contributed by atoms with Gasteiger partial charge in [-0.2, -0.15) is 0 Å². The van der Waals surface area contributed by atoms with E-state index in [1.165, 1.54) is 9.80 Å². The van der Waals surface area contributed by atoms with E-state index in [0.717, 1.165) is 31.2 Å². The number of hydrogen-bond acceptors (Lipinski definition) is 4. The van der Waals surface area contributed by atoms with Crippen molar-refractivity contribution >= 4 is 29.3 Å². The number of carbonyl (C=O) groups excluding carboxylic acids is 4. The summed E-state index contributed by atoms with van der Waals surface area (Å²) in [5, 5.41) is 2.75. The molecule has 1 heterocycles. The zero-order chi connectivity index (χ0) is 20.3. The predicted octanol–water partition coefficient (Wildman–Crippen LogP) is 1.96. The lowest BCUT2D eigenvalue weighted by atomic mass is 9.81. The van der Waals surface area contributed by atoms with Crippen LogP contribution < -0.4 is 5.32 Å². The third-order valence-corrected chi connectivity index (χ3v) is 5.62. The SMILES string of the molecule is Cc1ccc(NC(=O)CN(C)C(=O)CCN2C(=O)[C@H]3CCCC[C@@H]3C2=O)cc1.